The van der Waals surface area contributed by atoms with E-state index in [9.17, 15) is 4.79 Å². The lowest BCUT2D eigenvalue weighted by atomic mass is 9.99. The fraction of sp³-hybridized carbons (Fsp3) is 0.429. The number of nitrogens with one attached hydrogen (secondary N) is 1. The van der Waals surface area contributed by atoms with Crippen LogP contribution in [0, 0.1) is 18.3 Å². The maximum Gasteiger partial charge on any atom is 0.226 e. The van der Waals surface area contributed by atoms with Crippen molar-refractivity contribution in [1.82, 2.24) is 14.9 Å². The molecule has 1 fully saturated rings. The van der Waals surface area contributed by atoms with Crippen molar-refractivity contribution < 1.29 is 9.53 Å². The molecule has 2 atom stereocenters. The first-order valence-electron chi connectivity index (χ1n) is 9.58. The van der Waals surface area contributed by atoms with Crippen LogP contribution in [0.2, 0.25) is 0 Å². The lowest BCUT2D eigenvalue weighted by Crippen LogP contribution is -2.35. The van der Waals surface area contributed by atoms with E-state index in [1.165, 1.54) is 0 Å². The minimum absolute atomic E-state index is 0.0159. The second kappa shape index (κ2) is 7.95. The standard InChI is InChI=1S/C21H23N5O2/c1-2-3-10-21(24-25-21)11-12-23-20(27)17-9-15-28-18(17)19-22-13-14-26(19)16-7-5-4-6-8-16/h1,4-8,13-14,17-18H,3,9-12,15H2,(H,23,27)/t17-,18-/m1/s1. The van der Waals surface area contributed by atoms with Gasteiger partial charge >= 0.3 is 0 Å². The summed E-state index contributed by atoms with van der Waals surface area (Å²) in [5, 5.41) is 11.2. The predicted octanol–water partition coefficient (Wildman–Crippen LogP) is 3.03. The van der Waals surface area contributed by atoms with Crippen molar-refractivity contribution in [1.29, 1.82) is 0 Å². The molecule has 7 heteroatoms. The minimum atomic E-state index is -0.380. The van der Waals surface area contributed by atoms with Gasteiger partial charge in [-0.3, -0.25) is 4.79 Å². The number of hydrogen-bond donors (Lipinski definition) is 1. The summed E-state index contributed by atoms with van der Waals surface area (Å²) >= 11 is 0. The molecule has 0 unspecified atom stereocenters. The molecule has 1 aromatic carbocycles. The molecule has 0 saturated carbocycles. The van der Waals surface area contributed by atoms with Crippen molar-refractivity contribution in [2.45, 2.75) is 37.5 Å². The number of carbonyl (C=O) groups is 1. The van der Waals surface area contributed by atoms with E-state index in [4.69, 9.17) is 11.2 Å². The zero-order valence-electron chi connectivity index (χ0n) is 15.6. The SMILES string of the molecule is C#CCCC1(CCNC(=O)[C@@H]2CCO[C@H]2c2nccn2-c2ccccc2)N=N1. The fourth-order valence-electron chi connectivity index (χ4n) is 3.63. The number of amides is 1. The molecule has 2 aromatic rings. The summed E-state index contributed by atoms with van der Waals surface area (Å²) in [5.74, 6) is 3.09. The van der Waals surface area contributed by atoms with Gasteiger partial charge in [-0.25, -0.2) is 4.98 Å². The van der Waals surface area contributed by atoms with Crippen molar-refractivity contribution in [2.24, 2.45) is 16.1 Å². The smallest absolute Gasteiger partial charge is 0.226 e. The largest absolute Gasteiger partial charge is 0.369 e. The third kappa shape index (κ3) is 3.82. The first-order valence-corrected chi connectivity index (χ1v) is 9.58. The number of ether oxygens (including phenoxy) is 1. The number of carbonyl (C=O) groups excluding carboxylic acids is 1. The normalized spacial score (nSPS) is 22.0. The molecule has 0 radical (unpaired) electrons. The lowest BCUT2D eigenvalue weighted by Gasteiger charge is -2.19. The first kappa shape index (κ1) is 18.4. The Morgan fingerprint density at radius 3 is 2.89 bits per heavy atom. The molecule has 1 amide bonds. The maximum atomic E-state index is 12.8. The second-order valence-corrected chi connectivity index (χ2v) is 7.11. The molecule has 1 N–H and O–H groups in total. The van der Waals surface area contributed by atoms with Crippen LogP contribution in [0.4, 0.5) is 0 Å². The Morgan fingerprint density at radius 2 is 2.14 bits per heavy atom. The van der Waals surface area contributed by atoms with Gasteiger partial charge in [0.1, 0.15) is 11.9 Å². The second-order valence-electron chi connectivity index (χ2n) is 7.11. The van der Waals surface area contributed by atoms with Crippen molar-refractivity contribution in [3.63, 3.8) is 0 Å². The molecule has 0 spiro atoms. The summed E-state index contributed by atoms with van der Waals surface area (Å²) in [6.45, 7) is 1.06. The molecule has 144 valence electrons. The number of imidazole rings is 1. The van der Waals surface area contributed by atoms with Crippen LogP contribution in [0.25, 0.3) is 5.69 Å². The van der Waals surface area contributed by atoms with Gasteiger partial charge in [0.25, 0.3) is 0 Å². The molecule has 2 aliphatic heterocycles. The Morgan fingerprint density at radius 1 is 1.32 bits per heavy atom. The van der Waals surface area contributed by atoms with Crippen LogP contribution >= 0.6 is 0 Å². The van der Waals surface area contributed by atoms with Crippen LogP contribution in [0.5, 0.6) is 0 Å². The number of para-hydroxylation sites is 1. The van der Waals surface area contributed by atoms with Gasteiger partial charge in [-0.1, -0.05) is 18.2 Å². The zero-order valence-corrected chi connectivity index (χ0v) is 15.6. The average molecular weight is 377 g/mol. The summed E-state index contributed by atoms with van der Waals surface area (Å²) in [5.41, 5.74) is 0.617. The molecule has 4 rings (SSSR count). The number of aromatic nitrogens is 2. The lowest BCUT2D eigenvalue weighted by molar-refractivity contribution is -0.126. The summed E-state index contributed by atoms with van der Waals surface area (Å²) < 4.78 is 7.88. The Kier molecular flexibility index (Phi) is 5.22. The van der Waals surface area contributed by atoms with Gasteiger partial charge in [0, 0.05) is 50.5 Å². The third-order valence-corrected chi connectivity index (χ3v) is 5.26. The first-order chi connectivity index (χ1) is 13.7. The Hall–Kier alpha value is -2.98. The molecular weight excluding hydrogens is 354 g/mol. The van der Waals surface area contributed by atoms with Gasteiger partial charge in [0.15, 0.2) is 5.66 Å². The number of benzene rings is 1. The van der Waals surface area contributed by atoms with Crippen molar-refractivity contribution in [2.75, 3.05) is 13.2 Å². The highest BCUT2D eigenvalue weighted by atomic mass is 16.5. The molecule has 28 heavy (non-hydrogen) atoms. The van der Waals surface area contributed by atoms with Crippen LogP contribution in [-0.4, -0.2) is 34.3 Å². The van der Waals surface area contributed by atoms with Gasteiger partial charge < -0.3 is 14.6 Å². The van der Waals surface area contributed by atoms with E-state index in [1.54, 1.807) is 6.20 Å². The quantitative estimate of drug-likeness (QED) is 0.718. The van der Waals surface area contributed by atoms with E-state index in [0.717, 1.165) is 17.9 Å². The minimum Gasteiger partial charge on any atom is -0.369 e. The number of hydrogen-bond acceptors (Lipinski definition) is 5. The van der Waals surface area contributed by atoms with E-state index in [0.29, 0.717) is 32.4 Å². The Balaban J connectivity index is 1.39. The van der Waals surface area contributed by atoms with Gasteiger partial charge in [-0.2, -0.15) is 10.2 Å². The highest BCUT2D eigenvalue weighted by Gasteiger charge is 2.40. The summed E-state index contributed by atoms with van der Waals surface area (Å²) in [6.07, 6.45) is 11.3. The topological polar surface area (TPSA) is 80.9 Å². The van der Waals surface area contributed by atoms with E-state index >= 15 is 0 Å². The third-order valence-electron chi connectivity index (χ3n) is 5.26. The van der Waals surface area contributed by atoms with Crippen molar-refractivity contribution in [3.05, 3.63) is 48.5 Å². The number of terminal acetylenes is 1. The fourth-order valence-corrected chi connectivity index (χ4v) is 3.63. The van der Waals surface area contributed by atoms with Gasteiger partial charge in [-0.15, -0.1) is 12.3 Å². The predicted molar refractivity (Wildman–Crippen MR) is 104 cm³/mol. The molecular formula is C21H23N5O2. The van der Waals surface area contributed by atoms with Crippen molar-refractivity contribution >= 4 is 5.91 Å². The van der Waals surface area contributed by atoms with E-state index < -0.39 is 0 Å². The van der Waals surface area contributed by atoms with Gasteiger partial charge in [0.05, 0.1) is 5.92 Å². The molecule has 7 nitrogen and oxygen atoms in total. The monoisotopic (exact) mass is 377 g/mol. The summed E-state index contributed by atoms with van der Waals surface area (Å²) in [7, 11) is 0. The summed E-state index contributed by atoms with van der Waals surface area (Å²) in [4.78, 5) is 17.3. The molecule has 0 aliphatic carbocycles. The molecule has 3 heterocycles. The zero-order chi connectivity index (χ0) is 19.4. The van der Waals surface area contributed by atoms with E-state index in [1.807, 2.05) is 41.1 Å². The molecule has 1 aromatic heterocycles. The molecule has 2 aliphatic rings. The van der Waals surface area contributed by atoms with Gasteiger partial charge in [0.2, 0.25) is 5.91 Å². The highest BCUT2D eigenvalue weighted by Crippen LogP contribution is 2.37. The van der Waals surface area contributed by atoms with E-state index in [2.05, 4.69) is 26.4 Å². The maximum absolute atomic E-state index is 12.8. The van der Waals surface area contributed by atoms with Crippen LogP contribution < -0.4 is 5.32 Å². The van der Waals surface area contributed by atoms with E-state index in [-0.39, 0.29) is 23.6 Å². The van der Waals surface area contributed by atoms with Gasteiger partial charge in [-0.05, 0) is 18.6 Å². The average Bonchev–Trinajstić information content (AvgIpc) is 3.11. The Labute approximate surface area is 164 Å². The summed E-state index contributed by atoms with van der Waals surface area (Å²) in [6, 6.07) is 9.93. The number of rotatable bonds is 8. The van der Waals surface area contributed by atoms with Crippen LogP contribution in [-0.2, 0) is 9.53 Å². The van der Waals surface area contributed by atoms with Crippen molar-refractivity contribution in [3.8, 4) is 18.0 Å². The number of nitrogens with zero attached hydrogens (tertiary/aromatic N) is 4. The molecule has 1 saturated heterocycles. The van der Waals surface area contributed by atoms with Crippen LogP contribution in [0.3, 0.4) is 0 Å². The van der Waals surface area contributed by atoms with Crippen LogP contribution in [0.15, 0.2) is 53.0 Å². The molecule has 0 bridgehead atoms. The highest BCUT2D eigenvalue weighted by molar-refractivity contribution is 5.79. The Bertz CT molecular complexity index is 893. The van der Waals surface area contributed by atoms with Crippen LogP contribution in [0.1, 0.15) is 37.6 Å².